The van der Waals surface area contributed by atoms with E-state index in [1.54, 1.807) is 0 Å². The van der Waals surface area contributed by atoms with E-state index < -0.39 is 18.5 Å². The number of rotatable bonds is 7. The molecule has 4 aromatic carbocycles. The van der Waals surface area contributed by atoms with E-state index in [0.717, 1.165) is 0 Å². The van der Waals surface area contributed by atoms with Gasteiger partial charge in [0.15, 0.2) is 0 Å². The summed E-state index contributed by atoms with van der Waals surface area (Å²) in [5, 5.41) is 5.89. The molecule has 0 aromatic heterocycles. The molecule has 0 spiro atoms. The van der Waals surface area contributed by atoms with Crippen molar-refractivity contribution in [3.63, 3.8) is 0 Å². The number of hydrogen-bond acceptors (Lipinski definition) is 0. The Hall–Kier alpha value is -1.51. The standard InChI is InChI=1S/C26H24P2.C5H10.C3F7.Co.HI/c1-5-13-23(14-6-1)27(24-15-7-2-8-16-24)21-22-28(25-17-9-3-10-18-25)26-19-11-4-12-20-26;1-2-4-5-3-1;4-1(2(5,6)7)3(8,9)10;;/h1-20H,21-22H2;1-5H2;;;1H/q;;-1;+2;/p-1. The predicted octanol–water partition coefficient (Wildman–Crippen LogP) is 10.7. The van der Waals surface area contributed by atoms with Gasteiger partial charge in [-0.1, -0.05) is 153 Å². The normalized spacial score (nSPS) is 12.9. The average Bonchev–Trinajstić information content (AvgIpc) is 3.66. The molecule has 0 aliphatic heterocycles. The molecule has 5 rings (SSSR count). The van der Waals surface area contributed by atoms with Gasteiger partial charge in [0.05, 0.1) is 0 Å². The van der Waals surface area contributed by atoms with E-state index in [9.17, 15) is 30.7 Å². The van der Waals surface area contributed by atoms with Gasteiger partial charge in [0.25, 0.3) is 0 Å². The molecule has 0 atom stereocenters. The Morgan fingerprint density at radius 1 is 0.467 bits per heavy atom. The first-order chi connectivity index (χ1) is 21.6. The second kappa shape index (κ2) is 21.4. The van der Waals surface area contributed by atoms with Crippen molar-refractivity contribution >= 4 is 57.5 Å². The van der Waals surface area contributed by atoms with Crippen LogP contribution in [0.1, 0.15) is 32.1 Å². The first-order valence-electron chi connectivity index (χ1n) is 14.1. The molecule has 11 heteroatoms. The van der Waals surface area contributed by atoms with Crippen molar-refractivity contribution in [2.45, 2.75) is 44.5 Å². The van der Waals surface area contributed by atoms with Gasteiger partial charge in [0.2, 0.25) is 0 Å². The van der Waals surface area contributed by atoms with E-state index in [0.29, 0.717) is 0 Å². The molecule has 4 aromatic rings. The molecule has 0 radical (unpaired) electrons. The summed E-state index contributed by atoms with van der Waals surface area (Å²) in [4.78, 5) is 0. The van der Waals surface area contributed by atoms with Gasteiger partial charge in [-0.2, -0.15) is 0 Å². The topological polar surface area (TPSA) is 0 Å². The molecule has 1 saturated carbocycles. The van der Waals surface area contributed by atoms with Gasteiger partial charge in [-0.3, -0.25) is 0 Å². The number of hydrogen-bond donors (Lipinski definition) is 0. The van der Waals surface area contributed by atoms with Gasteiger partial charge < -0.3 is 4.39 Å². The fourth-order valence-electron chi connectivity index (χ4n) is 4.49. The molecule has 245 valence electrons. The molecule has 0 N–H and O–H groups in total. The molecule has 1 aliphatic carbocycles. The molecule has 0 saturated heterocycles. The summed E-state index contributed by atoms with van der Waals surface area (Å²) in [5.74, 6) is 0. The molecule has 0 heterocycles. The van der Waals surface area contributed by atoms with Crippen molar-refractivity contribution in [2.24, 2.45) is 0 Å². The quantitative estimate of drug-likeness (QED) is 0.0754. The summed E-state index contributed by atoms with van der Waals surface area (Å²) in [7, 11) is -0.696. The summed E-state index contributed by atoms with van der Waals surface area (Å²) < 4.78 is 76.0. The van der Waals surface area contributed by atoms with Gasteiger partial charge in [0, 0.05) is 6.17 Å². The average molecular weight is 823 g/mol. The van der Waals surface area contributed by atoms with Crippen LogP contribution < -0.4 is 21.2 Å². The first kappa shape index (κ1) is 39.7. The van der Waals surface area contributed by atoms with Gasteiger partial charge in [-0.15, -0.1) is 0 Å². The smallest absolute Gasteiger partial charge is 0.0195 e. The maximum atomic E-state index is 11.1. The Balaban J connectivity index is 0.000000342. The Kier molecular flexibility index (Phi) is 18.8. The second-order valence-electron chi connectivity index (χ2n) is 9.72. The molecular formula is C34H34CoF7IP2. The zero-order valence-corrected chi connectivity index (χ0v) is 29.2. The van der Waals surface area contributed by atoms with E-state index in [1.807, 2.05) is 20.4 Å². The predicted molar refractivity (Wildman–Crippen MR) is 181 cm³/mol. The maximum absolute atomic E-state index is 11.1. The van der Waals surface area contributed by atoms with Crippen LogP contribution in [0.15, 0.2) is 121 Å². The van der Waals surface area contributed by atoms with Crippen LogP contribution in [-0.2, 0) is 12.5 Å². The Bertz CT molecular complexity index is 1110. The second-order valence-corrected chi connectivity index (χ2v) is 14.4. The zero-order chi connectivity index (χ0) is 33.1. The molecular weight excluding hydrogens is 789 g/mol. The van der Waals surface area contributed by atoms with Crippen molar-refractivity contribution in [2.75, 3.05) is 12.3 Å². The first-order valence-corrected chi connectivity index (χ1v) is 20.5. The molecule has 0 unspecified atom stereocenters. The van der Waals surface area contributed by atoms with Crippen LogP contribution >= 0.6 is 36.3 Å². The molecule has 45 heavy (non-hydrogen) atoms. The van der Waals surface area contributed by atoms with Crippen molar-refractivity contribution in [3.05, 3.63) is 127 Å². The van der Waals surface area contributed by atoms with E-state index >= 15 is 0 Å². The van der Waals surface area contributed by atoms with Gasteiger partial charge in [-0.05, 0) is 49.4 Å². The van der Waals surface area contributed by atoms with Gasteiger partial charge in [0.1, 0.15) is 0 Å². The van der Waals surface area contributed by atoms with Crippen molar-refractivity contribution in [3.8, 4) is 0 Å². The maximum Gasteiger partial charge on any atom is -0.0195 e. The molecule has 1 aliphatic rings. The largest absolute Gasteiger partial charge is 0.0622 e. The fraction of sp³-hybridized carbons (Fsp3) is 0.265. The SMILES string of the molecule is C1CCCC1.F[C-](C(F)(F)F)C(F)(F)F.[Co+][I].c1ccc(P(CCP(c2ccccc2)c2ccccc2)c2ccccc2)cc1. The van der Waals surface area contributed by atoms with E-state index in [2.05, 4.69) is 134 Å². The molecule has 0 bridgehead atoms. The molecule has 0 amide bonds. The van der Waals surface area contributed by atoms with Gasteiger partial charge in [-0.25, -0.2) is 26.3 Å². The van der Waals surface area contributed by atoms with E-state index in [4.69, 9.17) is 0 Å². The number of benzene rings is 4. The van der Waals surface area contributed by atoms with Crippen LogP contribution in [0.4, 0.5) is 30.7 Å². The monoisotopic (exact) mass is 823 g/mol. The number of halogens is 8. The third kappa shape index (κ3) is 14.8. The Labute approximate surface area is 283 Å². The third-order valence-electron chi connectivity index (χ3n) is 6.57. The van der Waals surface area contributed by atoms with Crippen LogP contribution in [-0.4, -0.2) is 24.7 Å². The number of alkyl halides is 6. The Morgan fingerprint density at radius 3 is 0.822 bits per heavy atom. The van der Waals surface area contributed by atoms with E-state index in [-0.39, 0.29) is 15.8 Å². The minimum atomic E-state index is -5.93. The summed E-state index contributed by atoms with van der Waals surface area (Å²) in [5.41, 5.74) is 0. The minimum Gasteiger partial charge on any atom is -0.0622 e. The summed E-state index contributed by atoms with van der Waals surface area (Å²) in [6, 6.07) is 44.2. The minimum absolute atomic E-state index is 0.348. The molecule has 0 nitrogen and oxygen atoms in total. The van der Waals surface area contributed by atoms with Crippen molar-refractivity contribution in [1.82, 2.24) is 0 Å². The van der Waals surface area contributed by atoms with Crippen molar-refractivity contribution in [1.29, 1.82) is 0 Å². The van der Waals surface area contributed by atoms with Crippen LogP contribution in [0, 0.1) is 6.17 Å². The van der Waals surface area contributed by atoms with E-state index in [1.165, 1.54) is 65.6 Å². The van der Waals surface area contributed by atoms with Gasteiger partial charge >= 0.3 is 45.3 Å². The summed E-state index contributed by atoms with van der Waals surface area (Å²) in [6.07, 6.45) is -5.88. The molecule has 1 fully saturated rings. The Morgan fingerprint density at radius 2 is 0.667 bits per heavy atom. The fourth-order valence-corrected chi connectivity index (χ4v) is 9.85. The van der Waals surface area contributed by atoms with Crippen LogP contribution in [0.5, 0.6) is 0 Å². The van der Waals surface area contributed by atoms with Crippen LogP contribution in [0.25, 0.3) is 0 Å². The zero-order valence-electron chi connectivity index (χ0n) is 24.2. The van der Waals surface area contributed by atoms with Crippen molar-refractivity contribution < 1.29 is 43.3 Å². The third-order valence-corrected chi connectivity index (χ3v) is 11.9. The van der Waals surface area contributed by atoms with Crippen LogP contribution in [0.3, 0.4) is 0 Å². The summed E-state index contributed by atoms with van der Waals surface area (Å²) >= 11 is 5.37. The summed E-state index contributed by atoms with van der Waals surface area (Å²) in [6.45, 7) is 0. The van der Waals surface area contributed by atoms with Crippen LogP contribution in [0.2, 0.25) is 0 Å².